The zero-order valence-electron chi connectivity index (χ0n) is 3.00. The molecule has 4 N–H and O–H groups in total. The van der Waals surface area contributed by atoms with Crippen LogP contribution in [-0.4, -0.2) is 68.6 Å². The van der Waals surface area contributed by atoms with Crippen LogP contribution in [0.3, 0.4) is 0 Å². The minimum Gasteiger partial charge on any atom is -0.368 e. The van der Waals surface area contributed by atoms with Crippen molar-refractivity contribution >= 4 is 49.5 Å². The molecule has 44 valence electrons. The second-order valence-corrected chi connectivity index (χ2v) is 1.80. The minimum atomic E-state index is -4.61. The van der Waals surface area contributed by atoms with E-state index in [4.69, 9.17) is 19.2 Å². The van der Waals surface area contributed by atoms with Crippen molar-refractivity contribution in [1.82, 2.24) is 0 Å². The Morgan fingerprint density at radius 3 is 0.875 bits per heavy atom. The average Bonchev–Trinajstić information content (AvgIpc) is 0.722. The third-order valence-electron chi connectivity index (χ3n) is 0. The maximum atomic E-state index is 7.33. The predicted octanol–water partition coefficient (Wildman–Crippen LogP) is -4.71. The number of hydrogen-bond acceptors (Lipinski definition) is 4. The molecule has 0 fully saturated rings. The summed E-state index contributed by atoms with van der Waals surface area (Å²) < 4.78 is 0. The standard InChI is InChI=1S/Al.Mg.H4O4Si.Zn.5H/c;;1-5(2,3)4;;;;;;/h;;1-4H;;;;;;. The average molecular weight is 218 g/mol. The molecule has 0 heterocycles. The van der Waals surface area contributed by atoms with E-state index in [1.807, 2.05) is 0 Å². The first-order valence-corrected chi connectivity index (χ1v) is 2.68. The van der Waals surface area contributed by atoms with E-state index in [1.54, 1.807) is 0 Å². The Hall–Kier alpha value is 1.98. The SMILES string of the molecule is O[Si](O)(O)O.[AlH3].[MgH2].[Zn]. The van der Waals surface area contributed by atoms with Crippen molar-refractivity contribution in [2.45, 2.75) is 0 Å². The van der Waals surface area contributed by atoms with Crippen LogP contribution in [-0.2, 0) is 19.5 Å². The summed E-state index contributed by atoms with van der Waals surface area (Å²) in [5.41, 5.74) is 0. The number of hydrogen-bond donors (Lipinski definition) is 4. The molecule has 0 radical (unpaired) electrons. The fourth-order valence-corrected chi connectivity index (χ4v) is 0. The van der Waals surface area contributed by atoms with Crippen LogP contribution in [0.15, 0.2) is 0 Å². The van der Waals surface area contributed by atoms with Gasteiger partial charge in [-0.25, -0.2) is 0 Å². The van der Waals surface area contributed by atoms with Crippen molar-refractivity contribution in [2.24, 2.45) is 0 Å². The van der Waals surface area contributed by atoms with E-state index >= 15 is 0 Å². The summed E-state index contributed by atoms with van der Waals surface area (Å²) in [5, 5.41) is 0. The molecule has 0 spiro atoms. The van der Waals surface area contributed by atoms with E-state index in [0.717, 1.165) is 0 Å². The molecule has 8 heavy (non-hydrogen) atoms. The van der Waals surface area contributed by atoms with Gasteiger partial charge in [-0.15, -0.1) is 0 Å². The van der Waals surface area contributed by atoms with Gasteiger partial charge < -0.3 is 19.2 Å². The summed E-state index contributed by atoms with van der Waals surface area (Å²) in [5.74, 6) is 0. The Morgan fingerprint density at radius 1 is 0.875 bits per heavy atom. The Bertz CT molecular complexity index is 31.5. The van der Waals surface area contributed by atoms with Crippen molar-refractivity contribution in [3.05, 3.63) is 0 Å². The molecule has 0 aromatic rings. The van der Waals surface area contributed by atoms with Gasteiger partial charge in [0.1, 0.15) is 0 Å². The molecule has 0 atom stereocenters. The van der Waals surface area contributed by atoms with E-state index in [2.05, 4.69) is 0 Å². The van der Waals surface area contributed by atoms with Gasteiger partial charge in [-0.2, -0.15) is 0 Å². The first-order valence-electron chi connectivity index (χ1n) is 0.894. The molecule has 4 nitrogen and oxygen atoms in total. The molecule has 0 aliphatic carbocycles. The molecule has 8 heteroatoms. The molecular weight excluding hydrogens is 209 g/mol. The smallest absolute Gasteiger partial charge is 0.368 e. The Morgan fingerprint density at radius 2 is 0.875 bits per heavy atom. The van der Waals surface area contributed by atoms with E-state index in [9.17, 15) is 0 Å². The van der Waals surface area contributed by atoms with Crippen LogP contribution in [0.4, 0.5) is 0 Å². The topological polar surface area (TPSA) is 80.9 Å². The molecule has 0 amide bonds. The fraction of sp³-hybridized carbons (Fsp3) is 0. The van der Waals surface area contributed by atoms with Gasteiger partial charge >= 0.3 is 32.1 Å². The Balaban J connectivity index is -0.0000000267. The molecule has 0 rings (SSSR count). The minimum absolute atomic E-state index is 0. The third kappa shape index (κ3) is 99.2. The van der Waals surface area contributed by atoms with Crippen LogP contribution >= 0.6 is 0 Å². The van der Waals surface area contributed by atoms with Crippen molar-refractivity contribution in [3.8, 4) is 0 Å². The van der Waals surface area contributed by atoms with Gasteiger partial charge in [-0.1, -0.05) is 0 Å². The third-order valence-corrected chi connectivity index (χ3v) is 0. The van der Waals surface area contributed by atoms with Gasteiger partial charge in [-0.3, -0.25) is 0 Å². The molecule has 0 aromatic heterocycles. The summed E-state index contributed by atoms with van der Waals surface area (Å²) in [6.07, 6.45) is 0. The molecule has 0 unspecified atom stereocenters. The summed E-state index contributed by atoms with van der Waals surface area (Å²) in [6.45, 7) is 0. The fourth-order valence-electron chi connectivity index (χ4n) is 0. The predicted molar refractivity (Wildman–Crippen MR) is 33.1 cm³/mol. The summed E-state index contributed by atoms with van der Waals surface area (Å²) >= 11 is 0. The first-order chi connectivity index (χ1) is 2.00. The van der Waals surface area contributed by atoms with Crippen LogP contribution in [0.2, 0.25) is 0 Å². The molecule has 0 aliphatic rings. The van der Waals surface area contributed by atoms with Gasteiger partial charge in [0.15, 0.2) is 17.4 Å². The van der Waals surface area contributed by atoms with Gasteiger partial charge in [0.25, 0.3) is 0 Å². The zero-order chi connectivity index (χ0) is 4.50. The summed E-state index contributed by atoms with van der Waals surface area (Å²) in [4.78, 5) is 29.3. The van der Waals surface area contributed by atoms with E-state index in [1.165, 1.54) is 0 Å². The second-order valence-electron chi connectivity index (χ2n) is 0.600. The maximum absolute atomic E-state index is 7.33. The van der Waals surface area contributed by atoms with Crippen LogP contribution in [0.25, 0.3) is 0 Å². The number of rotatable bonds is 0. The van der Waals surface area contributed by atoms with Gasteiger partial charge in [0, 0.05) is 19.5 Å². The summed E-state index contributed by atoms with van der Waals surface area (Å²) in [6, 6.07) is 0. The second kappa shape index (κ2) is 8.98. The molecule has 0 saturated heterocycles. The van der Waals surface area contributed by atoms with Crippen molar-refractivity contribution in [2.75, 3.05) is 0 Å². The Labute approximate surface area is 87.5 Å². The monoisotopic (exact) mass is 216 g/mol. The van der Waals surface area contributed by atoms with Crippen LogP contribution < -0.4 is 0 Å². The summed E-state index contributed by atoms with van der Waals surface area (Å²) in [7, 11) is -4.61. The van der Waals surface area contributed by atoms with Crippen LogP contribution in [0.1, 0.15) is 0 Å². The Kier molecular flexibility index (Phi) is 25.3. The normalized spacial score (nSPS) is 7.50. The van der Waals surface area contributed by atoms with Crippen molar-refractivity contribution < 1.29 is 38.7 Å². The largest absolute Gasteiger partial charge is 0.668 e. The molecule has 0 saturated carbocycles. The van der Waals surface area contributed by atoms with E-state index < -0.39 is 9.05 Å². The zero-order valence-corrected chi connectivity index (χ0v) is 6.96. The van der Waals surface area contributed by atoms with Gasteiger partial charge in [-0.05, 0) is 0 Å². The first kappa shape index (κ1) is 22.5. The molecule has 0 bridgehead atoms. The van der Waals surface area contributed by atoms with Gasteiger partial charge in [0.05, 0.1) is 0 Å². The van der Waals surface area contributed by atoms with Crippen LogP contribution in [0.5, 0.6) is 0 Å². The van der Waals surface area contributed by atoms with Crippen molar-refractivity contribution in [3.63, 3.8) is 0 Å². The van der Waals surface area contributed by atoms with Gasteiger partial charge in [0.2, 0.25) is 0 Å². The van der Waals surface area contributed by atoms with Crippen molar-refractivity contribution in [1.29, 1.82) is 0 Å². The van der Waals surface area contributed by atoms with Crippen LogP contribution in [0, 0.1) is 0 Å². The van der Waals surface area contributed by atoms with E-state index in [0.29, 0.717) is 0 Å². The molecule has 0 aromatic carbocycles. The molecular formula is H9AlMgO4SiZn. The molecule has 0 aliphatic heterocycles. The van der Waals surface area contributed by atoms with E-state index in [-0.39, 0.29) is 59.9 Å². The quantitative estimate of drug-likeness (QED) is 0.308. The maximum Gasteiger partial charge on any atom is 0.668 e.